The lowest BCUT2D eigenvalue weighted by molar-refractivity contribution is -0.129. The van der Waals surface area contributed by atoms with Gasteiger partial charge in [0, 0.05) is 5.41 Å². The molecule has 0 bridgehead atoms. The van der Waals surface area contributed by atoms with Crippen LogP contribution >= 0.6 is 15.9 Å². The molecule has 1 aromatic carbocycles. The van der Waals surface area contributed by atoms with Crippen LogP contribution in [-0.2, 0) is 4.79 Å². The minimum absolute atomic E-state index is 0.00770. The van der Waals surface area contributed by atoms with Gasteiger partial charge in [0.2, 0.25) is 5.01 Å². The fourth-order valence-electron chi connectivity index (χ4n) is 1.17. The Kier molecular flexibility index (Phi) is 4.57. The van der Waals surface area contributed by atoms with Crippen LogP contribution in [0.4, 0.5) is 0 Å². The number of rotatable bonds is 4. The van der Waals surface area contributed by atoms with Gasteiger partial charge in [-0.05, 0) is 40.2 Å². The predicted molar refractivity (Wildman–Crippen MR) is 70.8 cm³/mol. The molecule has 0 heterocycles. The molecule has 1 atom stereocenters. The molecule has 0 saturated carbocycles. The second kappa shape index (κ2) is 5.54. The van der Waals surface area contributed by atoms with Crippen molar-refractivity contribution in [3.8, 4) is 11.5 Å². The van der Waals surface area contributed by atoms with E-state index in [1.54, 1.807) is 31.4 Å². The van der Waals surface area contributed by atoms with Crippen LogP contribution in [0.15, 0.2) is 24.3 Å². The van der Waals surface area contributed by atoms with E-state index in [1.165, 1.54) is 0 Å². The molecule has 0 aliphatic rings. The molecule has 0 radical (unpaired) electrons. The summed E-state index contributed by atoms with van der Waals surface area (Å²) < 4.78 is 10.6. The minimum atomic E-state index is -0.629. The number of Topliss-reactive ketones (excluding diaryl/α,β-unsaturated/α-hetero) is 1. The van der Waals surface area contributed by atoms with E-state index in [0.29, 0.717) is 5.75 Å². The Morgan fingerprint density at radius 3 is 2.06 bits per heavy atom. The predicted octanol–water partition coefficient (Wildman–Crippen LogP) is 3.41. The largest absolute Gasteiger partial charge is 0.497 e. The van der Waals surface area contributed by atoms with Crippen molar-refractivity contribution in [2.45, 2.75) is 25.8 Å². The summed E-state index contributed by atoms with van der Waals surface area (Å²) >= 11 is 3.25. The van der Waals surface area contributed by atoms with Gasteiger partial charge in [0.15, 0.2) is 5.78 Å². The van der Waals surface area contributed by atoms with Crippen LogP contribution in [0.1, 0.15) is 20.8 Å². The molecule has 0 aromatic heterocycles. The number of hydrogen-bond acceptors (Lipinski definition) is 3. The molecule has 1 aromatic rings. The first kappa shape index (κ1) is 14.0. The van der Waals surface area contributed by atoms with E-state index in [-0.39, 0.29) is 5.78 Å². The molecule has 0 saturated heterocycles. The highest BCUT2D eigenvalue weighted by Gasteiger charge is 2.29. The number of benzene rings is 1. The van der Waals surface area contributed by atoms with E-state index >= 15 is 0 Å². The van der Waals surface area contributed by atoms with Crippen LogP contribution in [0, 0.1) is 5.41 Å². The summed E-state index contributed by atoms with van der Waals surface area (Å²) in [5.74, 6) is 1.39. The quantitative estimate of drug-likeness (QED) is 0.800. The zero-order chi connectivity index (χ0) is 13.1. The standard InChI is InChI=1S/C13H17BrO3/c1-13(2,3)11(15)12(14)17-10-7-5-9(16-4)6-8-10/h5-8,12H,1-4H3. The number of hydrogen-bond donors (Lipinski definition) is 0. The van der Waals surface area contributed by atoms with Crippen molar-refractivity contribution in [1.29, 1.82) is 0 Å². The Hall–Kier alpha value is -1.03. The Labute approximate surface area is 110 Å². The fourth-order valence-corrected chi connectivity index (χ4v) is 2.07. The van der Waals surface area contributed by atoms with Gasteiger partial charge in [-0.1, -0.05) is 20.8 Å². The Balaban J connectivity index is 2.68. The van der Waals surface area contributed by atoms with Crippen molar-refractivity contribution in [3.63, 3.8) is 0 Å². The molecule has 0 spiro atoms. The number of ketones is 1. The third kappa shape index (κ3) is 4.04. The molecule has 17 heavy (non-hydrogen) atoms. The van der Waals surface area contributed by atoms with Crippen molar-refractivity contribution < 1.29 is 14.3 Å². The first-order chi connectivity index (χ1) is 7.84. The van der Waals surface area contributed by atoms with Crippen LogP contribution < -0.4 is 9.47 Å². The molecule has 0 amide bonds. The van der Waals surface area contributed by atoms with Gasteiger partial charge in [-0.3, -0.25) is 4.79 Å². The van der Waals surface area contributed by atoms with Gasteiger partial charge in [-0.15, -0.1) is 0 Å². The van der Waals surface area contributed by atoms with Crippen LogP contribution in [-0.4, -0.2) is 17.9 Å². The smallest absolute Gasteiger partial charge is 0.211 e. The van der Waals surface area contributed by atoms with Crippen molar-refractivity contribution in [3.05, 3.63) is 24.3 Å². The maximum Gasteiger partial charge on any atom is 0.211 e. The number of halogens is 1. The van der Waals surface area contributed by atoms with Crippen LogP contribution in [0.5, 0.6) is 11.5 Å². The number of carbonyl (C=O) groups is 1. The highest BCUT2D eigenvalue weighted by molar-refractivity contribution is 9.09. The van der Waals surface area contributed by atoms with E-state index in [4.69, 9.17) is 9.47 Å². The second-order valence-electron chi connectivity index (χ2n) is 4.72. The number of ether oxygens (including phenoxy) is 2. The van der Waals surface area contributed by atoms with Gasteiger partial charge in [0.1, 0.15) is 11.5 Å². The van der Waals surface area contributed by atoms with Crippen LogP contribution in [0.2, 0.25) is 0 Å². The van der Waals surface area contributed by atoms with E-state index in [9.17, 15) is 4.79 Å². The topological polar surface area (TPSA) is 35.5 Å². The summed E-state index contributed by atoms with van der Waals surface area (Å²) in [5.41, 5.74) is -0.430. The number of carbonyl (C=O) groups excluding carboxylic acids is 1. The molecule has 0 fully saturated rings. The van der Waals surface area contributed by atoms with E-state index in [0.717, 1.165) is 5.75 Å². The van der Waals surface area contributed by atoms with E-state index in [2.05, 4.69) is 15.9 Å². The fraction of sp³-hybridized carbons (Fsp3) is 0.462. The van der Waals surface area contributed by atoms with Gasteiger partial charge < -0.3 is 9.47 Å². The molecule has 94 valence electrons. The number of methoxy groups -OCH3 is 1. The average Bonchev–Trinajstić information content (AvgIpc) is 2.27. The lowest BCUT2D eigenvalue weighted by Gasteiger charge is -2.21. The zero-order valence-electron chi connectivity index (χ0n) is 10.5. The molecule has 4 heteroatoms. The third-order valence-electron chi connectivity index (χ3n) is 2.24. The molecule has 0 N–H and O–H groups in total. The SMILES string of the molecule is COc1ccc(OC(Br)C(=O)C(C)(C)C)cc1. The normalized spacial score (nSPS) is 13.0. The van der Waals surface area contributed by atoms with Crippen LogP contribution in [0.25, 0.3) is 0 Å². The molecule has 1 rings (SSSR count). The van der Waals surface area contributed by atoms with E-state index < -0.39 is 10.4 Å². The molecule has 0 aliphatic carbocycles. The monoisotopic (exact) mass is 300 g/mol. The summed E-state index contributed by atoms with van der Waals surface area (Å²) in [6, 6.07) is 7.11. The summed E-state index contributed by atoms with van der Waals surface area (Å²) in [5, 5.41) is -0.629. The van der Waals surface area contributed by atoms with Gasteiger partial charge in [0.05, 0.1) is 7.11 Å². The Bertz CT molecular complexity index is 379. The van der Waals surface area contributed by atoms with Gasteiger partial charge in [-0.2, -0.15) is 0 Å². The van der Waals surface area contributed by atoms with Crippen LogP contribution in [0.3, 0.4) is 0 Å². The number of alkyl halides is 1. The first-order valence-electron chi connectivity index (χ1n) is 5.33. The van der Waals surface area contributed by atoms with E-state index in [1.807, 2.05) is 20.8 Å². The minimum Gasteiger partial charge on any atom is -0.497 e. The summed E-state index contributed by atoms with van der Waals surface area (Å²) in [6.45, 7) is 5.59. The van der Waals surface area contributed by atoms with Crippen molar-refractivity contribution in [2.75, 3.05) is 7.11 Å². The van der Waals surface area contributed by atoms with Crippen molar-refractivity contribution >= 4 is 21.7 Å². The zero-order valence-corrected chi connectivity index (χ0v) is 12.1. The Morgan fingerprint density at radius 2 is 1.65 bits per heavy atom. The van der Waals surface area contributed by atoms with Gasteiger partial charge in [0.25, 0.3) is 0 Å². The molecular weight excluding hydrogens is 284 g/mol. The second-order valence-corrected chi connectivity index (χ2v) is 5.56. The first-order valence-corrected chi connectivity index (χ1v) is 6.25. The van der Waals surface area contributed by atoms with Crippen molar-refractivity contribution in [1.82, 2.24) is 0 Å². The lowest BCUT2D eigenvalue weighted by Crippen LogP contribution is -2.32. The average molecular weight is 301 g/mol. The summed E-state index contributed by atoms with van der Waals surface area (Å²) in [4.78, 5) is 11.9. The highest BCUT2D eigenvalue weighted by atomic mass is 79.9. The maximum atomic E-state index is 11.9. The summed E-state index contributed by atoms with van der Waals surface area (Å²) in [7, 11) is 1.60. The molecule has 1 unspecified atom stereocenters. The maximum absolute atomic E-state index is 11.9. The molecule has 0 aliphatic heterocycles. The van der Waals surface area contributed by atoms with Gasteiger partial charge in [-0.25, -0.2) is 0 Å². The summed E-state index contributed by atoms with van der Waals surface area (Å²) in [6.07, 6.45) is 0. The molecular formula is C13H17BrO3. The lowest BCUT2D eigenvalue weighted by atomic mass is 9.91. The Morgan fingerprint density at radius 1 is 1.18 bits per heavy atom. The van der Waals surface area contributed by atoms with Gasteiger partial charge >= 0.3 is 0 Å². The van der Waals surface area contributed by atoms with Crippen molar-refractivity contribution in [2.24, 2.45) is 5.41 Å². The highest BCUT2D eigenvalue weighted by Crippen LogP contribution is 2.24. The third-order valence-corrected chi connectivity index (χ3v) is 2.85. The molecule has 3 nitrogen and oxygen atoms in total.